The molecule has 6 nitrogen and oxygen atoms in total. The summed E-state index contributed by atoms with van der Waals surface area (Å²) in [4.78, 5) is 24.4. The number of benzene rings is 1. The van der Waals surface area contributed by atoms with Crippen molar-refractivity contribution in [3.05, 3.63) is 40.8 Å². The SMILES string of the molecule is Cn1c(-c2ccccc2)nn(CCNC(=O)CCC2CCCCC2)c1=O. The fourth-order valence-electron chi connectivity index (χ4n) is 3.67. The summed E-state index contributed by atoms with van der Waals surface area (Å²) in [5, 5.41) is 7.33. The number of carbonyl (C=O) groups is 1. The summed E-state index contributed by atoms with van der Waals surface area (Å²) < 4.78 is 2.96. The van der Waals surface area contributed by atoms with Gasteiger partial charge in [-0.3, -0.25) is 9.36 Å². The lowest BCUT2D eigenvalue weighted by Gasteiger charge is -2.20. The highest BCUT2D eigenvalue weighted by molar-refractivity contribution is 5.75. The average molecular weight is 356 g/mol. The van der Waals surface area contributed by atoms with Crippen LogP contribution in [0, 0.1) is 5.92 Å². The third-order valence-electron chi connectivity index (χ3n) is 5.22. The second kappa shape index (κ2) is 8.83. The van der Waals surface area contributed by atoms with E-state index in [0.717, 1.165) is 12.0 Å². The van der Waals surface area contributed by atoms with Gasteiger partial charge >= 0.3 is 5.69 Å². The second-order valence-corrected chi connectivity index (χ2v) is 7.15. The van der Waals surface area contributed by atoms with Gasteiger partial charge < -0.3 is 5.32 Å². The highest BCUT2D eigenvalue weighted by atomic mass is 16.2. The first-order valence-electron chi connectivity index (χ1n) is 9.61. The number of nitrogens with one attached hydrogen (secondary N) is 1. The Morgan fingerprint density at radius 3 is 2.65 bits per heavy atom. The van der Waals surface area contributed by atoms with Gasteiger partial charge in [-0.15, -0.1) is 5.10 Å². The predicted octanol–water partition coefficient (Wildman–Crippen LogP) is 2.73. The topological polar surface area (TPSA) is 68.9 Å². The van der Waals surface area contributed by atoms with Gasteiger partial charge in [-0.1, -0.05) is 62.4 Å². The average Bonchev–Trinajstić information content (AvgIpc) is 2.96. The van der Waals surface area contributed by atoms with E-state index in [1.54, 1.807) is 11.6 Å². The maximum atomic E-state index is 12.3. The fraction of sp³-hybridized carbons (Fsp3) is 0.550. The van der Waals surface area contributed by atoms with Crippen LogP contribution in [0.25, 0.3) is 11.4 Å². The Morgan fingerprint density at radius 2 is 1.92 bits per heavy atom. The molecule has 0 spiro atoms. The summed E-state index contributed by atoms with van der Waals surface area (Å²) >= 11 is 0. The fourth-order valence-corrected chi connectivity index (χ4v) is 3.67. The Kier molecular flexibility index (Phi) is 6.26. The van der Waals surface area contributed by atoms with Crippen LogP contribution in [0.2, 0.25) is 0 Å². The smallest absolute Gasteiger partial charge is 0.345 e. The van der Waals surface area contributed by atoms with Gasteiger partial charge in [0.05, 0.1) is 6.54 Å². The lowest BCUT2D eigenvalue weighted by Crippen LogP contribution is -2.31. The summed E-state index contributed by atoms with van der Waals surface area (Å²) in [7, 11) is 1.72. The van der Waals surface area contributed by atoms with Gasteiger partial charge in [0.1, 0.15) is 0 Å². The molecule has 0 aliphatic heterocycles. The molecule has 0 atom stereocenters. The van der Waals surface area contributed by atoms with Crippen LogP contribution >= 0.6 is 0 Å². The van der Waals surface area contributed by atoms with Crippen molar-refractivity contribution in [1.29, 1.82) is 0 Å². The van der Waals surface area contributed by atoms with Crippen LogP contribution in [-0.4, -0.2) is 26.8 Å². The van der Waals surface area contributed by atoms with E-state index in [4.69, 9.17) is 0 Å². The third kappa shape index (κ3) is 4.62. The van der Waals surface area contributed by atoms with Crippen LogP contribution in [0.15, 0.2) is 35.1 Å². The molecular weight excluding hydrogens is 328 g/mol. The molecule has 140 valence electrons. The van der Waals surface area contributed by atoms with Gasteiger partial charge in [0, 0.05) is 25.6 Å². The molecule has 0 unspecified atom stereocenters. The van der Waals surface area contributed by atoms with E-state index in [1.165, 1.54) is 36.8 Å². The highest BCUT2D eigenvalue weighted by Gasteiger charge is 2.15. The molecule has 26 heavy (non-hydrogen) atoms. The van der Waals surface area contributed by atoms with Gasteiger partial charge in [-0.05, 0) is 12.3 Å². The maximum Gasteiger partial charge on any atom is 0.345 e. The van der Waals surface area contributed by atoms with E-state index in [-0.39, 0.29) is 11.6 Å². The molecule has 1 aliphatic rings. The first-order chi connectivity index (χ1) is 12.6. The van der Waals surface area contributed by atoms with Crippen molar-refractivity contribution in [3.63, 3.8) is 0 Å². The quantitative estimate of drug-likeness (QED) is 0.829. The lowest BCUT2D eigenvalue weighted by molar-refractivity contribution is -0.121. The molecule has 1 heterocycles. The van der Waals surface area contributed by atoms with Crippen molar-refractivity contribution in [1.82, 2.24) is 19.7 Å². The Bertz CT molecular complexity index is 773. The zero-order valence-corrected chi connectivity index (χ0v) is 15.5. The van der Waals surface area contributed by atoms with Crippen molar-refractivity contribution in [2.45, 2.75) is 51.5 Å². The number of rotatable bonds is 7. The monoisotopic (exact) mass is 356 g/mol. The van der Waals surface area contributed by atoms with E-state index in [1.807, 2.05) is 30.3 Å². The molecular formula is C20H28N4O2. The Hall–Kier alpha value is -2.37. The molecule has 1 fully saturated rings. The van der Waals surface area contributed by atoms with E-state index in [0.29, 0.717) is 31.3 Å². The van der Waals surface area contributed by atoms with Crippen molar-refractivity contribution >= 4 is 5.91 Å². The van der Waals surface area contributed by atoms with Gasteiger partial charge in [-0.2, -0.15) is 0 Å². The molecule has 0 bridgehead atoms. The van der Waals surface area contributed by atoms with Crippen LogP contribution in [-0.2, 0) is 18.4 Å². The van der Waals surface area contributed by atoms with Crippen molar-refractivity contribution < 1.29 is 4.79 Å². The third-order valence-corrected chi connectivity index (χ3v) is 5.22. The highest BCUT2D eigenvalue weighted by Crippen LogP contribution is 2.27. The molecule has 0 radical (unpaired) electrons. The summed E-state index contributed by atoms with van der Waals surface area (Å²) in [6.07, 6.45) is 8.03. The second-order valence-electron chi connectivity index (χ2n) is 7.15. The van der Waals surface area contributed by atoms with E-state index >= 15 is 0 Å². The van der Waals surface area contributed by atoms with Crippen LogP contribution in [0.4, 0.5) is 0 Å². The number of carbonyl (C=O) groups excluding carboxylic acids is 1. The zero-order chi connectivity index (χ0) is 18.4. The minimum absolute atomic E-state index is 0.0721. The van der Waals surface area contributed by atoms with Crippen LogP contribution in [0.5, 0.6) is 0 Å². The van der Waals surface area contributed by atoms with Crippen LogP contribution in [0.1, 0.15) is 44.9 Å². The standard InChI is InChI=1S/C20H28N4O2/c1-23-19(17-10-6-3-7-11-17)22-24(20(23)26)15-14-21-18(25)13-12-16-8-4-2-5-9-16/h3,6-7,10-11,16H,2,4-5,8-9,12-15H2,1H3,(H,21,25). The summed E-state index contributed by atoms with van der Waals surface area (Å²) in [6.45, 7) is 0.809. The van der Waals surface area contributed by atoms with Crippen molar-refractivity contribution in [3.8, 4) is 11.4 Å². The predicted molar refractivity (Wildman–Crippen MR) is 102 cm³/mol. The van der Waals surface area contributed by atoms with E-state index in [9.17, 15) is 9.59 Å². The maximum absolute atomic E-state index is 12.3. The number of amides is 1. The van der Waals surface area contributed by atoms with E-state index in [2.05, 4.69) is 10.4 Å². The zero-order valence-electron chi connectivity index (χ0n) is 15.5. The van der Waals surface area contributed by atoms with Crippen LogP contribution < -0.4 is 11.0 Å². The molecule has 1 amide bonds. The first kappa shape index (κ1) is 18.4. The normalized spacial score (nSPS) is 15.1. The van der Waals surface area contributed by atoms with Gasteiger partial charge in [0.15, 0.2) is 5.82 Å². The minimum Gasteiger partial charge on any atom is -0.354 e. The van der Waals surface area contributed by atoms with Gasteiger partial charge in [0.2, 0.25) is 5.91 Å². The van der Waals surface area contributed by atoms with Crippen molar-refractivity contribution in [2.24, 2.45) is 13.0 Å². The Morgan fingerprint density at radius 1 is 1.19 bits per heavy atom. The molecule has 1 aromatic heterocycles. The molecule has 2 aromatic rings. The van der Waals surface area contributed by atoms with Crippen LogP contribution in [0.3, 0.4) is 0 Å². The number of nitrogens with zero attached hydrogens (tertiary/aromatic N) is 3. The molecule has 6 heteroatoms. The summed E-state index contributed by atoms with van der Waals surface area (Å²) in [5.74, 6) is 1.42. The van der Waals surface area contributed by atoms with Crippen molar-refractivity contribution in [2.75, 3.05) is 6.54 Å². The Balaban J connectivity index is 1.49. The lowest BCUT2D eigenvalue weighted by atomic mass is 9.86. The Labute approximate surface area is 154 Å². The molecule has 0 saturated heterocycles. The van der Waals surface area contributed by atoms with Gasteiger partial charge in [0.25, 0.3) is 0 Å². The summed E-state index contributed by atoms with van der Waals surface area (Å²) in [6, 6.07) is 9.64. The molecule has 1 N–H and O–H groups in total. The van der Waals surface area contributed by atoms with Gasteiger partial charge in [-0.25, -0.2) is 9.48 Å². The molecule has 1 aromatic carbocycles. The first-order valence-corrected chi connectivity index (χ1v) is 9.61. The van der Waals surface area contributed by atoms with E-state index < -0.39 is 0 Å². The molecule has 3 rings (SSSR count). The largest absolute Gasteiger partial charge is 0.354 e. The summed E-state index contributed by atoms with van der Waals surface area (Å²) in [5.41, 5.74) is 0.739. The minimum atomic E-state index is -0.166. The number of hydrogen-bond acceptors (Lipinski definition) is 3. The number of aromatic nitrogens is 3. The number of hydrogen-bond donors (Lipinski definition) is 1. The molecule has 1 saturated carbocycles. The molecule has 1 aliphatic carbocycles.